The summed E-state index contributed by atoms with van der Waals surface area (Å²) < 4.78 is 0. The first-order valence-electron chi connectivity index (χ1n) is 8.23. The van der Waals surface area contributed by atoms with Gasteiger partial charge in [-0.3, -0.25) is 4.79 Å². The predicted molar refractivity (Wildman–Crippen MR) is 103 cm³/mol. The molecule has 0 aliphatic heterocycles. The summed E-state index contributed by atoms with van der Waals surface area (Å²) in [5.74, 6) is -0.0389. The molecule has 0 unspecified atom stereocenters. The molecule has 3 aromatic carbocycles. The average Bonchev–Trinajstić information content (AvgIpc) is 2.60. The molecule has 0 bridgehead atoms. The van der Waals surface area contributed by atoms with Gasteiger partial charge in [0, 0.05) is 27.1 Å². The van der Waals surface area contributed by atoms with Gasteiger partial charge in [0.1, 0.15) is 0 Å². The fourth-order valence-corrected chi connectivity index (χ4v) is 4.24. The lowest BCUT2D eigenvalue weighted by Gasteiger charge is -2.29. The van der Waals surface area contributed by atoms with Crippen molar-refractivity contribution in [1.29, 1.82) is 0 Å². The Morgan fingerprint density at radius 2 is 1.32 bits per heavy atom. The van der Waals surface area contributed by atoms with E-state index in [0.29, 0.717) is 21.2 Å². The molecule has 0 spiro atoms. The van der Waals surface area contributed by atoms with Crippen LogP contribution in [0.3, 0.4) is 0 Å². The van der Waals surface area contributed by atoms with Crippen LogP contribution in [0.1, 0.15) is 44.1 Å². The minimum atomic E-state index is -0.0344. The smallest absolute Gasteiger partial charge is 0.193 e. The Balaban J connectivity index is 1.92. The SMILES string of the molecule is Cc1ccc(CC2c3c(Cl)cccc3C(=O)c3cccc(Cl)c32)cc1. The van der Waals surface area contributed by atoms with Crippen LogP contribution in [0.15, 0.2) is 60.7 Å². The van der Waals surface area contributed by atoms with Gasteiger partial charge < -0.3 is 0 Å². The van der Waals surface area contributed by atoms with Gasteiger partial charge in [-0.1, -0.05) is 77.3 Å². The van der Waals surface area contributed by atoms with E-state index in [2.05, 4.69) is 31.2 Å². The van der Waals surface area contributed by atoms with Crippen LogP contribution >= 0.6 is 23.2 Å². The second kappa shape index (κ2) is 6.33. The molecule has 0 N–H and O–H groups in total. The molecule has 0 aromatic heterocycles. The number of aryl methyl sites for hydroxylation is 1. The van der Waals surface area contributed by atoms with Crippen LogP contribution in [0.25, 0.3) is 0 Å². The Hall–Kier alpha value is -2.09. The van der Waals surface area contributed by atoms with E-state index in [4.69, 9.17) is 23.2 Å². The first-order valence-corrected chi connectivity index (χ1v) is 8.99. The van der Waals surface area contributed by atoms with Crippen LogP contribution in [0.5, 0.6) is 0 Å². The predicted octanol–water partition coefficient (Wildman–Crippen LogP) is 6.22. The van der Waals surface area contributed by atoms with Crippen LogP contribution in [0.4, 0.5) is 0 Å². The van der Waals surface area contributed by atoms with E-state index in [1.54, 1.807) is 0 Å². The maximum Gasteiger partial charge on any atom is 0.193 e. The van der Waals surface area contributed by atoms with Crippen LogP contribution in [0, 0.1) is 6.92 Å². The lowest BCUT2D eigenvalue weighted by Crippen LogP contribution is -2.22. The van der Waals surface area contributed by atoms with E-state index in [1.807, 2.05) is 36.4 Å². The lowest BCUT2D eigenvalue weighted by atomic mass is 9.75. The van der Waals surface area contributed by atoms with Crippen molar-refractivity contribution in [1.82, 2.24) is 0 Å². The number of fused-ring (bicyclic) bond motifs is 2. The molecule has 4 rings (SSSR count). The standard InChI is InChI=1S/C22H16Cl2O/c1-13-8-10-14(11-9-13)12-17-20-15(4-2-6-18(20)23)22(25)16-5-3-7-19(24)21(16)17/h2-11,17H,12H2,1H3. The molecule has 3 heteroatoms. The van der Waals surface area contributed by atoms with Crippen molar-refractivity contribution in [3.8, 4) is 0 Å². The number of rotatable bonds is 2. The van der Waals surface area contributed by atoms with Crippen LogP contribution < -0.4 is 0 Å². The molecular weight excluding hydrogens is 351 g/mol. The number of carbonyl (C=O) groups excluding carboxylic acids is 1. The maximum atomic E-state index is 12.9. The molecule has 1 aliphatic carbocycles. The summed E-state index contributed by atoms with van der Waals surface area (Å²) in [6, 6.07) is 19.5. The second-order valence-corrected chi connectivity index (χ2v) is 7.29. The van der Waals surface area contributed by atoms with Crippen molar-refractivity contribution in [3.05, 3.63) is 104 Å². The largest absolute Gasteiger partial charge is 0.289 e. The average molecular weight is 367 g/mol. The van der Waals surface area contributed by atoms with Crippen molar-refractivity contribution < 1.29 is 4.79 Å². The lowest BCUT2D eigenvalue weighted by molar-refractivity contribution is 0.103. The third-order valence-corrected chi connectivity index (χ3v) is 5.51. The van der Waals surface area contributed by atoms with Gasteiger partial charge in [0.25, 0.3) is 0 Å². The molecule has 124 valence electrons. The van der Waals surface area contributed by atoms with Gasteiger partial charge in [-0.15, -0.1) is 0 Å². The first kappa shape index (κ1) is 16.4. The van der Waals surface area contributed by atoms with Gasteiger partial charge in [-0.25, -0.2) is 0 Å². The highest BCUT2D eigenvalue weighted by atomic mass is 35.5. The number of carbonyl (C=O) groups is 1. The molecule has 0 atom stereocenters. The molecular formula is C22H16Cl2O. The highest BCUT2D eigenvalue weighted by molar-refractivity contribution is 6.34. The number of hydrogen-bond donors (Lipinski definition) is 0. The second-order valence-electron chi connectivity index (χ2n) is 6.47. The van der Waals surface area contributed by atoms with E-state index in [9.17, 15) is 4.79 Å². The Bertz CT molecular complexity index is 918. The fourth-order valence-electron chi connectivity index (χ4n) is 3.63. The minimum absolute atomic E-state index is 0.00449. The van der Waals surface area contributed by atoms with Gasteiger partial charge in [-0.05, 0) is 42.2 Å². The Kier molecular flexibility index (Phi) is 4.15. The van der Waals surface area contributed by atoms with Gasteiger partial charge in [0.05, 0.1) is 0 Å². The van der Waals surface area contributed by atoms with Crippen molar-refractivity contribution in [2.24, 2.45) is 0 Å². The zero-order chi connectivity index (χ0) is 17.6. The van der Waals surface area contributed by atoms with Gasteiger partial charge >= 0.3 is 0 Å². The fraction of sp³-hybridized carbons (Fsp3) is 0.136. The quantitative estimate of drug-likeness (QED) is 0.525. The third kappa shape index (κ3) is 2.78. The summed E-state index contributed by atoms with van der Waals surface area (Å²) in [6.07, 6.45) is 0.751. The number of benzene rings is 3. The van der Waals surface area contributed by atoms with E-state index < -0.39 is 0 Å². The summed E-state index contributed by atoms with van der Waals surface area (Å²) in [7, 11) is 0. The Labute approximate surface area is 157 Å². The Morgan fingerprint density at radius 3 is 1.84 bits per heavy atom. The van der Waals surface area contributed by atoms with Gasteiger partial charge in [-0.2, -0.15) is 0 Å². The summed E-state index contributed by atoms with van der Waals surface area (Å²) in [4.78, 5) is 12.9. The van der Waals surface area contributed by atoms with Crippen LogP contribution in [0.2, 0.25) is 10.0 Å². The summed E-state index contributed by atoms with van der Waals surface area (Å²) >= 11 is 13.0. The van der Waals surface area contributed by atoms with E-state index in [1.165, 1.54) is 11.1 Å². The normalized spacial score (nSPS) is 13.5. The maximum absolute atomic E-state index is 12.9. The van der Waals surface area contributed by atoms with Crippen LogP contribution in [-0.2, 0) is 6.42 Å². The highest BCUT2D eigenvalue weighted by Gasteiger charge is 2.34. The monoisotopic (exact) mass is 366 g/mol. The molecule has 1 aliphatic rings. The zero-order valence-corrected chi connectivity index (χ0v) is 15.2. The molecule has 0 saturated carbocycles. The number of hydrogen-bond acceptors (Lipinski definition) is 1. The number of ketones is 1. The Morgan fingerprint density at radius 1 is 0.800 bits per heavy atom. The number of halogens is 2. The molecule has 0 heterocycles. The molecule has 0 radical (unpaired) electrons. The van der Waals surface area contributed by atoms with Crippen molar-refractivity contribution in [2.45, 2.75) is 19.3 Å². The minimum Gasteiger partial charge on any atom is -0.289 e. The molecule has 0 fully saturated rings. The van der Waals surface area contributed by atoms with E-state index in [0.717, 1.165) is 17.5 Å². The molecule has 1 nitrogen and oxygen atoms in total. The zero-order valence-electron chi connectivity index (χ0n) is 13.7. The summed E-state index contributed by atoms with van der Waals surface area (Å²) in [5.41, 5.74) is 5.55. The van der Waals surface area contributed by atoms with E-state index in [-0.39, 0.29) is 11.7 Å². The molecule has 25 heavy (non-hydrogen) atoms. The van der Waals surface area contributed by atoms with E-state index >= 15 is 0 Å². The third-order valence-electron chi connectivity index (χ3n) is 4.85. The molecule has 0 amide bonds. The topological polar surface area (TPSA) is 17.1 Å². The van der Waals surface area contributed by atoms with Crippen LogP contribution in [-0.4, -0.2) is 5.78 Å². The summed E-state index contributed by atoms with van der Waals surface area (Å²) in [6.45, 7) is 2.07. The highest BCUT2D eigenvalue weighted by Crippen LogP contribution is 2.44. The van der Waals surface area contributed by atoms with Gasteiger partial charge in [0.15, 0.2) is 5.78 Å². The molecule has 0 saturated heterocycles. The summed E-state index contributed by atoms with van der Waals surface area (Å²) in [5, 5.41) is 1.24. The van der Waals surface area contributed by atoms with Crippen molar-refractivity contribution >= 4 is 29.0 Å². The van der Waals surface area contributed by atoms with Gasteiger partial charge in [0.2, 0.25) is 0 Å². The van der Waals surface area contributed by atoms with Crippen molar-refractivity contribution in [2.75, 3.05) is 0 Å². The first-order chi connectivity index (χ1) is 12.1. The van der Waals surface area contributed by atoms with Crippen molar-refractivity contribution in [3.63, 3.8) is 0 Å². The molecule has 3 aromatic rings.